The van der Waals surface area contributed by atoms with Crippen LogP contribution in [0.1, 0.15) is 16.2 Å². The Hall–Kier alpha value is -0.600. The van der Waals surface area contributed by atoms with E-state index in [-0.39, 0.29) is 10.7 Å². The lowest BCUT2D eigenvalue weighted by atomic mass is 10.3. The Bertz CT molecular complexity index is 298. The van der Waals surface area contributed by atoms with Gasteiger partial charge in [-0.2, -0.15) is 0 Å². The second kappa shape index (κ2) is 3.20. The summed E-state index contributed by atoms with van der Waals surface area (Å²) in [5.74, 6) is 0. The van der Waals surface area contributed by atoms with Gasteiger partial charge in [0.1, 0.15) is 5.69 Å². The molecule has 0 saturated carbocycles. The molecule has 0 aliphatic heterocycles. The molecule has 1 aromatic heterocycles. The number of aryl methyl sites for hydroxylation is 1. The van der Waals surface area contributed by atoms with Gasteiger partial charge in [0, 0.05) is 5.69 Å². The summed E-state index contributed by atoms with van der Waals surface area (Å²) in [5.41, 5.74) is 0.840. The third kappa shape index (κ3) is 1.91. The molecule has 0 atom stereocenters. The molecule has 0 saturated heterocycles. The fourth-order valence-corrected chi connectivity index (χ4v) is 1.06. The van der Waals surface area contributed by atoms with Crippen molar-refractivity contribution in [2.75, 3.05) is 0 Å². The van der Waals surface area contributed by atoms with E-state index in [1.807, 2.05) is 0 Å². The summed E-state index contributed by atoms with van der Waals surface area (Å²) in [5, 5.41) is -0.339. The van der Waals surface area contributed by atoms with Gasteiger partial charge in [0.25, 0.3) is 5.24 Å². The number of hydrogen-bond acceptors (Lipinski definition) is 2. The molecule has 1 heterocycles. The average molecular weight is 190 g/mol. The number of carbonyl (C=O) groups excluding carboxylic acids is 1. The minimum absolute atomic E-state index is 0.119. The summed E-state index contributed by atoms with van der Waals surface area (Å²) >= 11 is 10.8. The number of carbonyl (C=O) groups is 1. The highest BCUT2D eigenvalue weighted by Gasteiger charge is 2.08. The Kier molecular flexibility index (Phi) is 2.47. The summed E-state index contributed by atoms with van der Waals surface area (Å²) in [6.07, 6.45) is 0. The van der Waals surface area contributed by atoms with Crippen LogP contribution in [0.15, 0.2) is 12.1 Å². The van der Waals surface area contributed by atoms with Crippen molar-refractivity contribution < 1.29 is 4.79 Å². The molecule has 58 valence electrons. The second-order valence-corrected chi connectivity index (χ2v) is 2.81. The Morgan fingerprint density at radius 2 is 2.18 bits per heavy atom. The number of halogens is 2. The molecule has 2 nitrogen and oxygen atoms in total. The molecule has 0 aromatic carbocycles. The molecule has 0 bridgehead atoms. The van der Waals surface area contributed by atoms with Crippen molar-refractivity contribution in [1.82, 2.24) is 4.98 Å². The maximum Gasteiger partial charge on any atom is 0.272 e. The molecule has 0 radical (unpaired) electrons. The molecular weight excluding hydrogens is 185 g/mol. The van der Waals surface area contributed by atoms with Gasteiger partial charge in [-0.15, -0.1) is 0 Å². The lowest BCUT2D eigenvalue weighted by Crippen LogP contribution is -1.96. The van der Waals surface area contributed by atoms with Crippen molar-refractivity contribution >= 4 is 28.4 Å². The van der Waals surface area contributed by atoms with Gasteiger partial charge in [-0.25, -0.2) is 4.98 Å². The molecule has 0 aliphatic carbocycles. The van der Waals surface area contributed by atoms with Crippen molar-refractivity contribution in [1.29, 1.82) is 0 Å². The molecule has 1 rings (SSSR count). The lowest BCUT2D eigenvalue weighted by Gasteiger charge is -1.97. The zero-order chi connectivity index (χ0) is 8.43. The first-order valence-electron chi connectivity index (χ1n) is 2.94. The fraction of sp³-hybridized carbons (Fsp3) is 0.143. The first-order valence-corrected chi connectivity index (χ1v) is 3.70. The first-order chi connectivity index (χ1) is 5.11. The highest BCUT2D eigenvalue weighted by atomic mass is 35.5. The number of rotatable bonds is 1. The summed E-state index contributed by atoms with van der Waals surface area (Å²) in [6, 6.07) is 3.31. The van der Waals surface area contributed by atoms with Crippen LogP contribution in [0.2, 0.25) is 5.02 Å². The quantitative estimate of drug-likeness (QED) is 0.636. The topological polar surface area (TPSA) is 30.0 Å². The van der Waals surface area contributed by atoms with Gasteiger partial charge in [0.15, 0.2) is 0 Å². The van der Waals surface area contributed by atoms with Crippen LogP contribution in [-0.2, 0) is 0 Å². The summed E-state index contributed by atoms with van der Waals surface area (Å²) < 4.78 is 0. The van der Waals surface area contributed by atoms with Gasteiger partial charge >= 0.3 is 0 Å². The van der Waals surface area contributed by atoms with E-state index in [0.29, 0.717) is 0 Å². The van der Waals surface area contributed by atoms with Crippen LogP contribution in [-0.4, -0.2) is 10.2 Å². The van der Waals surface area contributed by atoms with Gasteiger partial charge < -0.3 is 0 Å². The van der Waals surface area contributed by atoms with Gasteiger partial charge in [0.05, 0.1) is 5.02 Å². The predicted molar refractivity (Wildman–Crippen MR) is 44.2 cm³/mol. The number of aromatic nitrogens is 1. The van der Waals surface area contributed by atoms with E-state index in [9.17, 15) is 4.79 Å². The van der Waals surface area contributed by atoms with Gasteiger partial charge in [-0.3, -0.25) is 4.79 Å². The molecule has 0 spiro atoms. The Balaban J connectivity index is 3.23. The van der Waals surface area contributed by atoms with E-state index in [0.717, 1.165) is 5.69 Å². The van der Waals surface area contributed by atoms with E-state index in [1.54, 1.807) is 19.1 Å². The highest BCUT2D eigenvalue weighted by Crippen LogP contribution is 2.15. The minimum Gasteiger partial charge on any atom is -0.274 e. The minimum atomic E-state index is -0.626. The van der Waals surface area contributed by atoms with Crippen LogP contribution in [0.3, 0.4) is 0 Å². The van der Waals surface area contributed by atoms with Gasteiger partial charge in [-0.05, 0) is 30.7 Å². The largest absolute Gasteiger partial charge is 0.274 e. The Morgan fingerprint density at radius 3 is 2.64 bits per heavy atom. The molecule has 1 aromatic rings. The van der Waals surface area contributed by atoms with E-state index in [2.05, 4.69) is 4.98 Å². The van der Waals surface area contributed by atoms with Crippen LogP contribution >= 0.6 is 23.2 Å². The van der Waals surface area contributed by atoms with E-state index in [4.69, 9.17) is 23.2 Å². The Morgan fingerprint density at radius 1 is 1.55 bits per heavy atom. The standard InChI is InChI=1S/C7H5Cl2NO/c1-4-2-3-5(8)6(10-4)7(9)11/h2-3H,1H3. The average Bonchev–Trinajstić information content (AvgIpc) is 1.94. The van der Waals surface area contributed by atoms with Crippen LogP contribution in [0.5, 0.6) is 0 Å². The molecule has 0 N–H and O–H groups in total. The van der Waals surface area contributed by atoms with E-state index in [1.165, 1.54) is 0 Å². The zero-order valence-corrected chi connectivity index (χ0v) is 7.28. The molecule has 0 amide bonds. The van der Waals surface area contributed by atoms with Crippen LogP contribution in [0.25, 0.3) is 0 Å². The highest BCUT2D eigenvalue weighted by molar-refractivity contribution is 6.68. The van der Waals surface area contributed by atoms with Crippen molar-refractivity contribution in [3.8, 4) is 0 Å². The SMILES string of the molecule is Cc1ccc(Cl)c(C(=O)Cl)n1. The van der Waals surface area contributed by atoms with Crippen LogP contribution in [0, 0.1) is 6.92 Å². The number of pyridine rings is 1. The van der Waals surface area contributed by atoms with Crippen LogP contribution in [0.4, 0.5) is 0 Å². The lowest BCUT2D eigenvalue weighted by molar-refractivity contribution is 0.107. The van der Waals surface area contributed by atoms with Crippen molar-refractivity contribution in [2.24, 2.45) is 0 Å². The maximum absolute atomic E-state index is 10.6. The fourth-order valence-electron chi connectivity index (χ4n) is 0.678. The molecule has 0 unspecified atom stereocenters. The summed E-state index contributed by atoms with van der Waals surface area (Å²) in [7, 11) is 0. The number of nitrogens with zero attached hydrogens (tertiary/aromatic N) is 1. The van der Waals surface area contributed by atoms with Crippen LogP contribution < -0.4 is 0 Å². The molecule has 0 fully saturated rings. The third-order valence-electron chi connectivity index (χ3n) is 1.17. The van der Waals surface area contributed by atoms with E-state index < -0.39 is 5.24 Å². The Labute approximate surface area is 74.1 Å². The normalized spacial score (nSPS) is 9.73. The first kappa shape index (κ1) is 8.50. The maximum atomic E-state index is 10.6. The summed E-state index contributed by atoms with van der Waals surface area (Å²) in [4.78, 5) is 14.5. The van der Waals surface area contributed by atoms with Gasteiger partial charge in [-0.1, -0.05) is 11.6 Å². The summed E-state index contributed by atoms with van der Waals surface area (Å²) in [6.45, 7) is 1.76. The van der Waals surface area contributed by atoms with E-state index >= 15 is 0 Å². The van der Waals surface area contributed by atoms with Gasteiger partial charge in [0.2, 0.25) is 0 Å². The smallest absolute Gasteiger partial charge is 0.272 e. The molecular formula is C7H5Cl2NO. The monoisotopic (exact) mass is 189 g/mol. The third-order valence-corrected chi connectivity index (χ3v) is 1.66. The van der Waals surface area contributed by atoms with Crippen molar-refractivity contribution in [3.63, 3.8) is 0 Å². The van der Waals surface area contributed by atoms with Crippen molar-refractivity contribution in [2.45, 2.75) is 6.92 Å². The molecule has 11 heavy (non-hydrogen) atoms. The zero-order valence-electron chi connectivity index (χ0n) is 5.77. The van der Waals surface area contributed by atoms with Crippen molar-refractivity contribution in [3.05, 3.63) is 28.5 Å². The second-order valence-electron chi connectivity index (χ2n) is 2.06. The predicted octanol–water partition coefficient (Wildman–Crippen LogP) is 2.42. The molecule has 4 heteroatoms. The number of hydrogen-bond donors (Lipinski definition) is 0. The molecule has 0 aliphatic rings.